The molecule has 0 unspecified atom stereocenters. The third-order valence-corrected chi connectivity index (χ3v) is 2.12. The van der Waals surface area contributed by atoms with Crippen LogP contribution < -0.4 is 0 Å². The zero-order valence-electron chi connectivity index (χ0n) is 10.3. The highest BCUT2D eigenvalue weighted by Crippen LogP contribution is 2.17. The van der Waals surface area contributed by atoms with E-state index >= 15 is 0 Å². The van der Waals surface area contributed by atoms with E-state index in [9.17, 15) is 9.59 Å². The number of carbonyl (C=O) groups is 2. The van der Waals surface area contributed by atoms with E-state index in [0.717, 1.165) is 0 Å². The number of nitrogens with zero attached hydrogens (tertiary/aromatic N) is 1. The number of rotatable bonds is 4. The molecule has 0 saturated heterocycles. The van der Waals surface area contributed by atoms with Gasteiger partial charge in [-0.15, -0.1) is 0 Å². The van der Waals surface area contributed by atoms with Gasteiger partial charge in [0.2, 0.25) is 5.91 Å². The molecule has 15 heavy (non-hydrogen) atoms. The number of ether oxygens (including phenoxy) is 1. The summed E-state index contributed by atoms with van der Waals surface area (Å²) in [4.78, 5) is 24.5. The fraction of sp³-hybridized carbons (Fsp3) is 0.818. The van der Waals surface area contributed by atoms with Crippen molar-refractivity contribution in [1.82, 2.24) is 4.90 Å². The summed E-state index contributed by atoms with van der Waals surface area (Å²) in [6, 6.07) is 0. The summed E-state index contributed by atoms with van der Waals surface area (Å²) >= 11 is 0. The Kier molecular flexibility index (Phi) is 5.33. The van der Waals surface area contributed by atoms with Crippen molar-refractivity contribution in [2.24, 2.45) is 5.41 Å². The summed E-state index contributed by atoms with van der Waals surface area (Å²) in [5.74, 6) is -0.218. The molecule has 1 amide bonds. The van der Waals surface area contributed by atoms with E-state index in [4.69, 9.17) is 0 Å². The molecular formula is C11H21NO3. The van der Waals surface area contributed by atoms with Gasteiger partial charge in [-0.1, -0.05) is 20.8 Å². The Morgan fingerprint density at radius 2 is 1.80 bits per heavy atom. The molecule has 0 rings (SSSR count). The number of amides is 1. The maximum atomic E-state index is 11.9. The molecule has 0 spiro atoms. The average Bonchev–Trinajstić information content (AvgIpc) is 2.16. The number of hydrogen-bond acceptors (Lipinski definition) is 3. The van der Waals surface area contributed by atoms with E-state index in [1.165, 1.54) is 7.11 Å². The molecule has 0 fully saturated rings. The molecule has 0 atom stereocenters. The zero-order valence-corrected chi connectivity index (χ0v) is 10.3. The van der Waals surface area contributed by atoms with E-state index in [1.807, 2.05) is 27.7 Å². The van der Waals surface area contributed by atoms with Crippen LogP contribution in [0.25, 0.3) is 0 Å². The molecule has 0 saturated carbocycles. The molecule has 0 heterocycles. The lowest BCUT2D eigenvalue weighted by atomic mass is 9.94. The molecule has 0 aliphatic rings. The summed E-state index contributed by atoms with van der Waals surface area (Å²) in [6.07, 6.45) is 0.256. The third-order valence-electron chi connectivity index (χ3n) is 2.12. The molecule has 88 valence electrons. The van der Waals surface area contributed by atoms with Gasteiger partial charge >= 0.3 is 5.97 Å². The van der Waals surface area contributed by atoms with Crippen LogP contribution in [-0.2, 0) is 14.3 Å². The number of carbonyl (C=O) groups excluding carboxylic acids is 2. The highest BCUT2D eigenvalue weighted by atomic mass is 16.5. The van der Waals surface area contributed by atoms with Crippen LogP contribution in [0.5, 0.6) is 0 Å². The molecule has 0 aromatic carbocycles. The molecule has 0 N–H and O–H groups in total. The van der Waals surface area contributed by atoms with Crippen LogP contribution in [-0.4, -0.2) is 37.0 Å². The van der Waals surface area contributed by atoms with Crippen molar-refractivity contribution in [2.45, 2.75) is 34.1 Å². The molecule has 0 aliphatic carbocycles. The highest BCUT2D eigenvalue weighted by molar-refractivity contribution is 5.82. The van der Waals surface area contributed by atoms with Gasteiger partial charge in [0.05, 0.1) is 13.5 Å². The monoisotopic (exact) mass is 215 g/mol. The quantitative estimate of drug-likeness (QED) is 0.667. The number of hydrogen-bond donors (Lipinski definition) is 0. The molecule has 4 heteroatoms. The Morgan fingerprint density at radius 3 is 2.13 bits per heavy atom. The predicted molar refractivity (Wildman–Crippen MR) is 58.3 cm³/mol. The van der Waals surface area contributed by atoms with Gasteiger partial charge < -0.3 is 9.64 Å². The molecule has 0 aromatic rings. The number of methoxy groups -OCH3 is 1. The molecule has 4 nitrogen and oxygen atoms in total. The molecule has 0 aromatic heterocycles. The van der Waals surface area contributed by atoms with Crippen molar-refractivity contribution in [3.8, 4) is 0 Å². The number of esters is 1. The second kappa shape index (κ2) is 5.73. The smallest absolute Gasteiger partial charge is 0.307 e. The van der Waals surface area contributed by atoms with Gasteiger partial charge in [-0.3, -0.25) is 9.59 Å². The van der Waals surface area contributed by atoms with Gasteiger partial charge in [-0.25, -0.2) is 0 Å². The van der Waals surface area contributed by atoms with Crippen LogP contribution >= 0.6 is 0 Å². The van der Waals surface area contributed by atoms with E-state index in [1.54, 1.807) is 4.90 Å². The average molecular weight is 215 g/mol. The summed E-state index contributed by atoms with van der Waals surface area (Å²) < 4.78 is 4.53. The van der Waals surface area contributed by atoms with Crippen molar-refractivity contribution in [3.63, 3.8) is 0 Å². The molecule has 0 radical (unpaired) electrons. The van der Waals surface area contributed by atoms with Crippen molar-refractivity contribution < 1.29 is 14.3 Å². The lowest BCUT2D eigenvalue weighted by Gasteiger charge is -2.28. The topological polar surface area (TPSA) is 46.6 Å². The minimum absolute atomic E-state index is 0.0638. The summed E-state index contributed by atoms with van der Waals surface area (Å²) in [7, 11) is 1.35. The maximum absolute atomic E-state index is 11.9. The van der Waals surface area contributed by atoms with Crippen LogP contribution in [0.4, 0.5) is 0 Å². The molecule has 0 aliphatic heterocycles. The fourth-order valence-electron chi connectivity index (χ4n) is 1.21. The van der Waals surface area contributed by atoms with Gasteiger partial charge in [-0.2, -0.15) is 0 Å². The minimum atomic E-state index is -0.397. The normalized spacial score (nSPS) is 11.0. The second-order valence-corrected chi connectivity index (χ2v) is 4.46. The first-order valence-corrected chi connectivity index (χ1v) is 5.19. The first kappa shape index (κ1) is 13.9. The first-order valence-electron chi connectivity index (χ1n) is 5.19. The van der Waals surface area contributed by atoms with Gasteiger partial charge in [0.1, 0.15) is 0 Å². The van der Waals surface area contributed by atoms with Crippen molar-refractivity contribution in [3.05, 3.63) is 0 Å². The minimum Gasteiger partial charge on any atom is -0.469 e. The van der Waals surface area contributed by atoms with Crippen molar-refractivity contribution >= 4 is 11.9 Å². The Bertz CT molecular complexity index is 230. The van der Waals surface area contributed by atoms with Crippen molar-refractivity contribution in [2.75, 3.05) is 20.2 Å². The largest absolute Gasteiger partial charge is 0.469 e. The van der Waals surface area contributed by atoms with Gasteiger partial charge in [0.25, 0.3) is 0 Å². The Hall–Kier alpha value is -1.06. The van der Waals surface area contributed by atoms with Crippen molar-refractivity contribution in [1.29, 1.82) is 0 Å². The molecular weight excluding hydrogens is 194 g/mol. The third kappa shape index (κ3) is 4.81. The van der Waals surface area contributed by atoms with Crippen LogP contribution in [0.1, 0.15) is 34.1 Å². The highest BCUT2D eigenvalue weighted by Gasteiger charge is 2.26. The summed E-state index contributed by atoms with van der Waals surface area (Å²) in [6.45, 7) is 8.57. The van der Waals surface area contributed by atoms with Gasteiger partial charge in [0, 0.05) is 18.5 Å². The zero-order chi connectivity index (χ0) is 12.1. The Morgan fingerprint density at radius 1 is 1.27 bits per heavy atom. The van der Waals surface area contributed by atoms with Crippen LogP contribution in [0, 0.1) is 5.41 Å². The predicted octanol–water partition coefficient (Wildman–Crippen LogP) is 1.44. The summed E-state index contributed by atoms with van der Waals surface area (Å²) in [5.41, 5.74) is -0.397. The fourth-order valence-corrected chi connectivity index (χ4v) is 1.21. The second-order valence-electron chi connectivity index (χ2n) is 4.46. The van der Waals surface area contributed by atoms with E-state index in [-0.39, 0.29) is 18.3 Å². The van der Waals surface area contributed by atoms with E-state index in [0.29, 0.717) is 13.1 Å². The SMILES string of the molecule is CCN(CCC(=O)OC)C(=O)C(C)(C)C. The van der Waals surface area contributed by atoms with Crippen LogP contribution in [0.3, 0.4) is 0 Å². The van der Waals surface area contributed by atoms with Gasteiger partial charge in [-0.05, 0) is 6.92 Å². The standard InChI is InChI=1S/C11H21NO3/c1-6-12(8-7-9(13)15-5)10(14)11(2,3)4/h6-8H2,1-5H3. The van der Waals surface area contributed by atoms with E-state index < -0.39 is 5.41 Å². The Labute approximate surface area is 91.6 Å². The lowest BCUT2D eigenvalue weighted by molar-refractivity contribution is -0.143. The van der Waals surface area contributed by atoms with E-state index in [2.05, 4.69) is 4.74 Å². The van der Waals surface area contributed by atoms with Crippen LogP contribution in [0.2, 0.25) is 0 Å². The van der Waals surface area contributed by atoms with Crippen LogP contribution in [0.15, 0.2) is 0 Å². The summed E-state index contributed by atoms with van der Waals surface area (Å²) in [5, 5.41) is 0. The maximum Gasteiger partial charge on any atom is 0.307 e. The lowest BCUT2D eigenvalue weighted by Crippen LogP contribution is -2.40. The first-order chi connectivity index (χ1) is 6.82. The Balaban J connectivity index is 4.26. The molecule has 0 bridgehead atoms. The van der Waals surface area contributed by atoms with Gasteiger partial charge in [0.15, 0.2) is 0 Å².